The first kappa shape index (κ1) is 21.5. The van der Waals surface area contributed by atoms with Crippen LogP contribution >= 0.6 is 0 Å². The van der Waals surface area contributed by atoms with E-state index in [0.29, 0.717) is 36.0 Å². The summed E-state index contributed by atoms with van der Waals surface area (Å²) in [5.74, 6) is 0.723. The minimum Gasteiger partial charge on any atom is -0.490 e. The Bertz CT molecular complexity index is 875. The Labute approximate surface area is 177 Å². The number of carbonyl (C=O) groups excluding carboxylic acids is 2. The summed E-state index contributed by atoms with van der Waals surface area (Å²) in [6.07, 6.45) is 1.54. The minimum absolute atomic E-state index is 0.0319. The fourth-order valence-electron chi connectivity index (χ4n) is 3.57. The minimum atomic E-state index is -0.214. The lowest BCUT2D eigenvalue weighted by Gasteiger charge is -2.32. The number of benzene rings is 2. The molecule has 3 N–H and O–H groups in total. The van der Waals surface area contributed by atoms with Gasteiger partial charge in [0.1, 0.15) is 0 Å². The van der Waals surface area contributed by atoms with E-state index in [4.69, 9.17) is 15.2 Å². The zero-order chi connectivity index (χ0) is 21.5. The van der Waals surface area contributed by atoms with Crippen LogP contribution in [0, 0.1) is 5.92 Å². The second-order valence-electron chi connectivity index (χ2n) is 7.19. The number of amides is 2. The lowest BCUT2D eigenvalue weighted by Crippen LogP contribution is -2.38. The van der Waals surface area contributed by atoms with Gasteiger partial charge in [0, 0.05) is 35.9 Å². The summed E-state index contributed by atoms with van der Waals surface area (Å²) in [7, 11) is 0. The highest BCUT2D eigenvalue weighted by atomic mass is 16.5. The highest BCUT2D eigenvalue weighted by Gasteiger charge is 2.23. The number of rotatable bonds is 8. The molecule has 2 aromatic carbocycles. The summed E-state index contributed by atoms with van der Waals surface area (Å²) < 4.78 is 11.1. The van der Waals surface area contributed by atoms with E-state index in [9.17, 15) is 9.59 Å². The fraction of sp³-hybridized carbons (Fsp3) is 0.391. The van der Waals surface area contributed by atoms with Crippen molar-refractivity contribution in [3.63, 3.8) is 0 Å². The molecule has 0 aromatic heterocycles. The van der Waals surface area contributed by atoms with Crippen molar-refractivity contribution in [2.24, 2.45) is 11.7 Å². The Morgan fingerprint density at radius 2 is 1.63 bits per heavy atom. The maximum atomic E-state index is 12.7. The van der Waals surface area contributed by atoms with Crippen molar-refractivity contribution in [2.45, 2.75) is 26.7 Å². The summed E-state index contributed by atoms with van der Waals surface area (Å²) in [6.45, 7) is 6.40. The van der Waals surface area contributed by atoms with Crippen molar-refractivity contribution < 1.29 is 19.1 Å². The van der Waals surface area contributed by atoms with Crippen LogP contribution in [-0.2, 0) is 4.79 Å². The zero-order valence-electron chi connectivity index (χ0n) is 17.5. The Morgan fingerprint density at radius 3 is 2.23 bits per heavy atom. The van der Waals surface area contributed by atoms with E-state index in [2.05, 4.69) is 10.2 Å². The van der Waals surface area contributed by atoms with Crippen LogP contribution in [0.1, 0.15) is 37.0 Å². The molecule has 2 aromatic rings. The summed E-state index contributed by atoms with van der Waals surface area (Å²) in [6, 6.07) is 12.9. The van der Waals surface area contributed by atoms with E-state index in [0.717, 1.165) is 31.6 Å². The van der Waals surface area contributed by atoms with Crippen LogP contribution in [0.3, 0.4) is 0 Å². The molecule has 1 saturated heterocycles. The average Bonchev–Trinajstić information content (AvgIpc) is 2.76. The highest BCUT2D eigenvalue weighted by Crippen LogP contribution is 2.29. The van der Waals surface area contributed by atoms with Crippen LogP contribution in [0.5, 0.6) is 11.5 Å². The monoisotopic (exact) mass is 411 g/mol. The molecule has 0 saturated carbocycles. The molecular formula is C23H29N3O4. The first-order valence-electron chi connectivity index (χ1n) is 10.4. The second kappa shape index (κ2) is 10.0. The number of hydrogen-bond acceptors (Lipinski definition) is 5. The van der Waals surface area contributed by atoms with Gasteiger partial charge < -0.3 is 25.4 Å². The molecule has 160 valence electrons. The Kier molecular flexibility index (Phi) is 7.17. The third-order valence-corrected chi connectivity index (χ3v) is 5.19. The van der Waals surface area contributed by atoms with Crippen molar-refractivity contribution in [1.29, 1.82) is 0 Å². The zero-order valence-corrected chi connectivity index (χ0v) is 17.5. The maximum absolute atomic E-state index is 12.7. The van der Waals surface area contributed by atoms with Gasteiger partial charge in [-0.2, -0.15) is 0 Å². The summed E-state index contributed by atoms with van der Waals surface area (Å²) >= 11 is 0. The third kappa shape index (κ3) is 5.23. The van der Waals surface area contributed by atoms with Crippen LogP contribution in [0.2, 0.25) is 0 Å². The molecular weight excluding hydrogens is 382 g/mol. The Balaban J connectivity index is 1.63. The number of carbonyl (C=O) groups is 2. The molecule has 2 amide bonds. The van der Waals surface area contributed by atoms with Gasteiger partial charge in [0.05, 0.1) is 13.2 Å². The first-order valence-corrected chi connectivity index (χ1v) is 10.4. The predicted molar refractivity (Wildman–Crippen MR) is 117 cm³/mol. The largest absolute Gasteiger partial charge is 0.490 e. The molecule has 3 rings (SSSR count). The molecule has 1 heterocycles. The normalized spacial score (nSPS) is 14.3. The smallest absolute Gasteiger partial charge is 0.255 e. The summed E-state index contributed by atoms with van der Waals surface area (Å²) in [4.78, 5) is 26.2. The van der Waals surface area contributed by atoms with Crippen molar-refractivity contribution in [3.05, 3.63) is 48.0 Å². The van der Waals surface area contributed by atoms with Crippen LogP contribution in [0.15, 0.2) is 42.5 Å². The molecule has 0 aliphatic carbocycles. The highest BCUT2D eigenvalue weighted by molar-refractivity contribution is 6.04. The Morgan fingerprint density at radius 1 is 1.00 bits per heavy atom. The number of nitrogens with one attached hydrogen (secondary N) is 1. The standard InChI is InChI=1S/C23H29N3O4/c1-3-29-20-10-5-17(15-21(20)30-4-2)23(28)25-18-6-8-19(9-7-18)26-13-11-16(12-14-26)22(24)27/h5-10,15-16H,3-4,11-14H2,1-2H3,(H2,24,27)(H,25,28). The molecule has 0 spiro atoms. The molecule has 1 aliphatic rings. The van der Waals surface area contributed by atoms with Crippen molar-refractivity contribution in [2.75, 3.05) is 36.5 Å². The first-order chi connectivity index (χ1) is 14.5. The van der Waals surface area contributed by atoms with Crippen LogP contribution < -0.4 is 25.4 Å². The van der Waals surface area contributed by atoms with Gasteiger partial charge in [-0.15, -0.1) is 0 Å². The number of anilines is 2. The van der Waals surface area contributed by atoms with Crippen LogP contribution in [0.25, 0.3) is 0 Å². The van der Waals surface area contributed by atoms with Gasteiger partial charge in [-0.1, -0.05) is 0 Å². The summed E-state index contributed by atoms with van der Waals surface area (Å²) in [5.41, 5.74) is 7.68. The second-order valence-corrected chi connectivity index (χ2v) is 7.19. The van der Waals surface area contributed by atoms with E-state index < -0.39 is 0 Å². The molecule has 0 bridgehead atoms. The Hall–Kier alpha value is -3.22. The van der Waals surface area contributed by atoms with Crippen LogP contribution in [0.4, 0.5) is 11.4 Å². The van der Waals surface area contributed by atoms with Crippen molar-refractivity contribution >= 4 is 23.2 Å². The van der Waals surface area contributed by atoms with E-state index in [1.54, 1.807) is 18.2 Å². The van der Waals surface area contributed by atoms with Gasteiger partial charge in [-0.05, 0) is 69.2 Å². The molecule has 0 radical (unpaired) electrons. The SMILES string of the molecule is CCOc1ccc(C(=O)Nc2ccc(N3CCC(C(N)=O)CC3)cc2)cc1OCC. The van der Waals surface area contributed by atoms with Gasteiger partial charge in [0.15, 0.2) is 11.5 Å². The van der Waals surface area contributed by atoms with Gasteiger partial charge in [-0.25, -0.2) is 0 Å². The molecule has 7 heteroatoms. The predicted octanol–water partition coefficient (Wildman–Crippen LogP) is 3.44. The fourth-order valence-corrected chi connectivity index (χ4v) is 3.57. The average molecular weight is 412 g/mol. The van der Waals surface area contributed by atoms with Crippen molar-refractivity contribution in [3.8, 4) is 11.5 Å². The van der Waals surface area contributed by atoms with Gasteiger partial charge >= 0.3 is 0 Å². The molecule has 0 unspecified atom stereocenters. The number of hydrogen-bond donors (Lipinski definition) is 2. The van der Waals surface area contributed by atoms with Gasteiger partial charge in [0.25, 0.3) is 5.91 Å². The number of ether oxygens (including phenoxy) is 2. The number of primary amides is 1. The van der Waals surface area contributed by atoms with Gasteiger partial charge in [0.2, 0.25) is 5.91 Å². The number of nitrogens with two attached hydrogens (primary N) is 1. The van der Waals surface area contributed by atoms with E-state index in [-0.39, 0.29) is 17.7 Å². The van der Waals surface area contributed by atoms with E-state index in [1.165, 1.54) is 0 Å². The lowest BCUT2D eigenvalue weighted by atomic mass is 9.96. The number of nitrogens with zero attached hydrogens (tertiary/aromatic N) is 1. The molecule has 0 atom stereocenters. The van der Waals surface area contributed by atoms with Gasteiger partial charge in [-0.3, -0.25) is 9.59 Å². The quantitative estimate of drug-likeness (QED) is 0.694. The third-order valence-electron chi connectivity index (χ3n) is 5.19. The molecule has 7 nitrogen and oxygen atoms in total. The lowest BCUT2D eigenvalue weighted by molar-refractivity contribution is -0.122. The van der Waals surface area contributed by atoms with E-state index >= 15 is 0 Å². The number of piperidine rings is 1. The summed E-state index contributed by atoms with van der Waals surface area (Å²) in [5, 5.41) is 2.92. The van der Waals surface area contributed by atoms with E-state index in [1.807, 2.05) is 38.1 Å². The topological polar surface area (TPSA) is 93.9 Å². The molecule has 1 aliphatic heterocycles. The maximum Gasteiger partial charge on any atom is 0.255 e. The van der Waals surface area contributed by atoms with Crippen LogP contribution in [-0.4, -0.2) is 38.1 Å². The van der Waals surface area contributed by atoms with Crippen molar-refractivity contribution in [1.82, 2.24) is 0 Å². The molecule has 30 heavy (non-hydrogen) atoms. The molecule has 1 fully saturated rings.